The number of methoxy groups -OCH3 is 2. The van der Waals surface area contributed by atoms with Gasteiger partial charge in [0.25, 0.3) is 5.91 Å². The maximum Gasteiger partial charge on any atom is 0.272 e. The van der Waals surface area contributed by atoms with Crippen LogP contribution in [0.2, 0.25) is 0 Å². The van der Waals surface area contributed by atoms with E-state index in [9.17, 15) is 9.18 Å². The van der Waals surface area contributed by atoms with Gasteiger partial charge in [0.05, 0.1) is 26.7 Å². The Labute approximate surface area is 222 Å². The molecule has 1 fully saturated rings. The molecule has 0 bridgehead atoms. The summed E-state index contributed by atoms with van der Waals surface area (Å²) in [5.74, 6) is 1.69. The molecule has 3 aromatic carbocycles. The standard InChI is InChI=1S/C31H32FN3O3/c1-37-29-13-10-25(19-30(29)38-2)24-4-3-5-27(18-24)35-21-33-20-28(35)31(36)34-16-14-23(15-17-34)7-6-22-8-11-26(32)12-9-22/h3-5,8-13,18-21,23H,6-7,14-17H2,1-2H3. The molecule has 1 aliphatic heterocycles. The number of carbonyl (C=O) groups excluding carboxylic acids is 1. The summed E-state index contributed by atoms with van der Waals surface area (Å²) in [4.78, 5) is 19.7. The second kappa shape index (κ2) is 11.5. The van der Waals surface area contributed by atoms with E-state index in [1.807, 2.05) is 64.1 Å². The van der Waals surface area contributed by atoms with E-state index in [1.165, 1.54) is 12.1 Å². The van der Waals surface area contributed by atoms with Crippen molar-refractivity contribution in [2.24, 2.45) is 5.92 Å². The zero-order chi connectivity index (χ0) is 26.5. The Balaban J connectivity index is 1.26. The second-order valence-corrected chi connectivity index (χ2v) is 9.67. The highest BCUT2D eigenvalue weighted by molar-refractivity contribution is 5.93. The van der Waals surface area contributed by atoms with Gasteiger partial charge in [0.1, 0.15) is 11.5 Å². The topological polar surface area (TPSA) is 56.6 Å². The number of rotatable bonds is 8. The minimum Gasteiger partial charge on any atom is -0.493 e. The summed E-state index contributed by atoms with van der Waals surface area (Å²) < 4.78 is 25.8. The Morgan fingerprint density at radius 3 is 2.42 bits per heavy atom. The Morgan fingerprint density at radius 1 is 0.947 bits per heavy atom. The van der Waals surface area contributed by atoms with Gasteiger partial charge in [0.15, 0.2) is 11.5 Å². The fourth-order valence-electron chi connectivity index (χ4n) is 5.12. The number of benzene rings is 3. The SMILES string of the molecule is COc1ccc(-c2cccc(-n3cncc3C(=O)N3CCC(CCc4ccc(F)cc4)CC3)c2)cc1OC. The van der Waals surface area contributed by atoms with Gasteiger partial charge >= 0.3 is 0 Å². The van der Waals surface area contributed by atoms with Gasteiger partial charge in [-0.1, -0.05) is 30.3 Å². The lowest BCUT2D eigenvalue weighted by molar-refractivity contribution is 0.0679. The van der Waals surface area contributed by atoms with Gasteiger partial charge in [-0.2, -0.15) is 0 Å². The molecule has 196 valence electrons. The molecule has 7 heteroatoms. The molecule has 38 heavy (non-hydrogen) atoms. The Morgan fingerprint density at radius 2 is 1.68 bits per heavy atom. The minimum absolute atomic E-state index is 0.00370. The van der Waals surface area contributed by atoms with Gasteiger partial charge in [-0.25, -0.2) is 9.37 Å². The lowest BCUT2D eigenvalue weighted by Crippen LogP contribution is -2.39. The summed E-state index contributed by atoms with van der Waals surface area (Å²) in [6.45, 7) is 1.45. The van der Waals surface area contributed by atoms with E-state index in [0.717, 1.165) is 61.2 Å². The first-order valence-electron chi connectivity index (χ1n) is 12.9. The maximum atomic E-state index is 13.5. The van der Waals surface area contributed by atoms with Crippen molar-refractivity contribution in [2.45, 2.75) is 25.7 Å². The molecule has 5 rings (SSSR count). The molecule has 1 aromatic heterocycles. The maximum absolute atomic E-state index is 13.5. The largest absolute Gasteiger partial charge is 0.493 e. The zero-order valence-corrected chi connectivity index (χ0v) is 21.8. The molecule has 1 aliphatic rings. The van der Waals surface area contributed by atoms with Crippen LogP contribution in [0.1, 0.15) is 35.3 Å². The smallest absolute Gasteiger partial charge is 0.272 e. The number of halogens is 1. The first-order chi connectivity index (χ1) is 18.6. The van der Waals surface area contributed by atoms with Crippen LogP contribution < -0.4 is 9.47 Å². The first kappa shape index (κ1) is 25.5. The van der Waals surface area contributed by atoms with Crippen LogP contribution in [0, 0.1) is 11.7 Å². The van der Waals surface area contributed by atoms with E-state index in [1.54, 1.807) is 26.7 Å². The van der Waals surface area contributed by atoms with Gasteiger partial charge in [-0.3, -0.25) is 9.36 Å². The second-order valence-electron chi connectivity index (χ2n) is 9.67. The van der Waals surface area contributed by atoms with Crippen molar-refractivity contribution < 1.29 is 18.7 Å². The molecule has 4 aromatic rings. The number of nitrogens with zero attached hydrogens (tertiary/aromatic N) is 3. The fourth-order valence-corrected chi connectivity index (χ4v) is 5.12. The molecule has 0 aliphatic carbocycles. The third-order valence-electron chi connectivity index (χ3n) is 7.36. The molecule has 0 radical (unpaired) electrons. The Kier molecular flexibility index (Phi) is 7.73. The number of aromatic nitrogens is 2. The summed E-state index contributed by atoms with van der Waals surface area (Å²) in [6, 6.07) is 20.6. The number of likely N-dealkylation sites (tertiary alicyclic amines) is 1. The quantitative estimate of drug-likeness (QED) is 0.282. The van der Waals surface area contributed by atoms with Crippen molar-refractivity contribution in [3.05, 3.63) is 96.3 Å². The molecule has 0 N–H and O–H groups in total. The van der Waals surface area contributed by atoms with Crippen molar-refractivity contribution in [2.75, 3.05) is 27.3 Å². The van der Waals surface area contributed by atoms with E-state index >= 15 is 0 Å². The molecule has 1 amide bonds. The lowest BCUT2D eigenvalue weighted by Gasteiger charge is -2.32. The van der Waals surface area contributed by atoms with Gasteiger partial charge in [-0.05, 0) is 84.7 Å². The van der Waals surface area contributed by atoms with Gasteiger partial charge < -0.3 is 14.4 Å². The fraction of sp³-hybridized carbons (Fsp3) is 0.290. The minimum atomic E-state index is -0.201. The average molecular weight is 514 g/mol. The van der Waals surface area contributed by atoms with E-state index < -0.39 is 0 Å². The number of piperidine rings is 1. The predicted octanol–water partition coefficient (Wildman–Crippen LogP) is 6.18. The van der Waals surface area contributed by atoms with Crippen LogP contribution >= 0.6 is 0 Å². The van der Waals surface area contributed by atoms with Crippen molar-refractivity contribution in [3.63, 3.8) is 0 Å². The van der Waals surface area contributed by atoms with E-state index in [0.29, 0.717) is 23.1 Å². The molecular weight excluding hydrogens is 481 g/mol. The monoisotopic (exact) mass is 513 g/mol. The molecule has 0 spiro atoms. The first-order valence-corrected chi connectivity index (χ1v) is 12.9. The number of ether oxygens (including phenoxy) is 2. The van der Waals surface area contributed by atoms with Crippen molar-refractivity contribution in [3.8, 4) is 28.3 Å². The molecule has 6 nitrogen and oxygen atoms in total. The van der Waals surface area contributed by atoms with Crippen molar-refractivity contribution in [1.82, 2.24) is 14.5 Å². The molecule has 1 saturated heterocycles. The number of aryl methyl sites for hydroxylation is 1. The number of amides is 1. The Bertz CT molecular complexity index is 1390. The number of hydrogen-bond donors (Lipinski definition) is 0. The molecule has 0 saturated carbocycles. The highest BCUT2D eigenvalue weighted by Gasteiger charge is 2.26. The van der Waals surface area contributed by atoms with Gasteiger partial charge in [-0.15, -0.1) is 0 Å². The van der Waals surface area contributed by atoms with Crippen LogP contribution in [-0.4, -0.2) is 47.7 Å². The van der Waals surface area contributed by atoms with Crippen LogP contribution in [-0.2, 0) is 6.42 Å². The van der Waals surface area contributed by atoms with E-state index in [4.69, 9.17) is 9.47 Å². The summed E-state index contributed by atoms with van der Waals surface area (Å²) in [6.07, 6.45) is 7.25. The summed E-state index contributed by atoms with van der Waals surface area (Å²) in [7, 11) is 3.24. The highest BCUT2D eigenvalue weighted by Crippen LogP contribution is 2.33. The average Bonchev–Trinajstić information content (AvgIpc) is 3.47. The van der Waals surface area contributed by atoms with Crippen LogP contribution in [0.4, 0.5) is 4.39 Å². The van der Waals surface area contributed by atoms with Crippen LogP contribution in [0.15, 0.2) is 79.3 Å². The van der Waals surface area contributed by atoms with Crippen LogP contribution in [0.5, 0.6) is 11.5 Å². The molecule has 0 atom stereocenters. The summed E-state index contributed by atoms with van der Waals surface area (Å²) in [5.41, 5.74) is 4.56. The zero-order valence-electron chi connectivity index (χ0n) is 21.8. The van der Waals surface area contributed by atoms with Crippen molar-refractivity contribution in [1.29, 1.82) is 0 Å². The van der Waals surface area contributed by atoms with Crippen LogP contribution in [0.25, 0.3) is 16.8 Å². The number of imidazole rings is 1. The predicted molar refractivity (Wildman–Crippen MR) is 145 cm³/mol. The molecular formula is C31H32FN3O3. The summed E-state index contributed by atoms with van der Waals surface area (Å²) in [5, 5.41) is 0. The van der Waals surface area contributed by atoms with Crippen molar-refractivity contribution >= 4 is 5.91 Å². The summed E-state index contributed by atoms with van der Waals surface area (Å²) >= 11 is 0. The third-order valence-corrected chi connectivity index (χ3v) is 7.36. The van der Waals surface area contributed by atoms with Gasteiger partial charge in [0, 0.05) is 18.8 Å². The van der Waals surface area contributed by atoms with Gasteiger partial charge in [0.2, 0.25) is 0 Å². The number of carbonyl (C=O) groups is 1. The molecule has 0 unspecified atom stereocenters. The Hall–Kier alpha value is -4.13. The third kappa shape index (κ3) is 5.57. The normalized spacial score (nSPS) is 13.9. The van der Waals surface area contributed by atoms with E-state index in [2.05, 4.69) is 4.98 Å². The van der Waals surface area contributed by atoms with Crippen LogP contribution in [0.3, 0.4) is 0 Å². The lowest BCUT2D eigenvalue weighted by atomic mass is 9.90. The van der Waals surface area contributed by atoms with E-state index in [-0.39, 0.29) is 11.7 Å². The number of hydrogen-bond acceptors (Lipinski definition) is 4. The highest BCUT2D eigenvalue weighted by atomic mass is 19.1. The molecule has 2 heterocycles.